The molecule has 3 aromatic rings. The van der Waals surface area contributed by atoms with Gasteiger partial charge in [-0.15, -0.1) is 11.3 Å². The Balaban J connectivity index is 1.86. The van der Waals surface area contributed by atoms with Crippen molar-refractivity contribution in [1.29, 1.82) is 0 Å². The summed E-state index contributed by atoms with van der Waals surface area (Å²) in [7, 11) is 0. The topological polar surface area (TPSA) is 20.2 Å². The second-order valence-electron chi connectivity index (χ2n) is 4.53. The first-order chi connectivity index (χ1) is 9.24. The molecule has 1 unspecified atom stereocenters. The Morgan fingerprint density at radius 1 is 1.05 bits per heavy atom. The number of fused-ring (bicyclic) bond motifs is 1. The molecule has 3 rings (SSSR count). The Morgan fingerprint density at radius 2 is 1.79 bits per heavy atom. The van der Waals surface area contributed by atoms with Crippen LogP contribution in [-0.2, 0) is 6.42 Å². The molecular weight excluding hydrogens is 259 g/mol. The van der Waals surface area contributed by atoms with E-state index < -0.39 is 6.10 Å². The van der Waals surface area contributed by atoms with Gasteiger partial charge in [0.15, 0.2) is 0 Å². The minimum absolute atomic E-state index is 0.281. The van der Waals surface area contributed by atoms with Crippen LogP contribution in [0.5, 0.6) is 0 Å². The number of aliphatic hydroxyl groups excluding tert-OH is 1. The van der Waals surface area contributed by atoms with Gasteiger partial charge in [-0.25, -0.2) is 4.39 Å². The first-order valence-electron chi connectivity index (χ1n) is 6.12. The first-order valence-corrected chi connectivity index (χ1v) is 7.00. The van der Waals surface area contributed by atoms with Gasteiger partial charge in [0.25, 0.3) is 0 Å². The summed E-state index contributed by atoms with van der Waals surface area (Å²) in [6.07, 6.45) is -0.0473. The van der Waals surface area contributed by atoms with Gasteiger partial charge in [-0.2, -0.15) is 0 Å². The summed E-state index contributed by atoms with van der Waals surface area (Å²) in [5.74, 6) is -0.281. The number of halogens is 1. The molecule has 3 heteroatoms. The number of aliphatic hydroxyl groups is 1. The van der Waals surface area contributed by atoms with Crippen LogP contribution in [-0.4, -0.2) is 5.11 Å². The van der Waals surface area contributed by atoms with Gasteiger partial charge in [-0.05, 0) is 40.1 Å². The lowest BCUT2D eigenvalue weighted by Gasteiger charge is -2.10. The molecule has 0 fully saturated rings. The molecule has 0 amide bonds. The van der Waals surface area contributed by atoms with E-state index in [0.29, 0.717) is 6.42 Å². The van der Waals surface area contributed by atoms with Crippen molar-refractivity contribution in [2.24, 2.45) is 0 Å². The van der Waals surface area contributed by atoms with Crippen molar-refractivity contribution in [3.63, 3.8) is 0 Å². The monoisotopic (exact) mass is 272 g/mol. The molecule has 19 heavy (non-hydrogen) atoms. The van der Waals surface area contributed by atoms with Crippen molar-refractivity contribution in [3.05, 3.63) is 70.9 Å². The van der Waals surface area contributed by atoms with Gasteiger partial charge in [-0.1, -0.05) is 30.3 Å². The third-order valence-electron chi connectivity index (χ3n) is 3.23. The SMILES string of the molecule is OC(Cc1csc2ccccc12)c1ccc(F)cc1. The first kappa shape index (κ1) is 12.3. The Kier molecular flexibility index (Phi) is 3.32. The predicted molar refractivity (Wildman–Crippen MR) is 76.9 cm³/mol. The smallest absolute Gasteiger partial charge is 0.123 e. The Morgan fingerprint density at radius 3 is 2.58 bits per heavy atom. The number of hydrogen-bond donors (Lipinski definition) is 1. The third kappa shape index (κ3) is 2.53. The normalized spacial score (nSPS) is 12.7. The zero-order chi connectivity index (χ0) is 13.2. The molecule has 0 saturated heterocycles. The van der Waals surface area contributed by atoms with Gasteiger partial charge in [0.1, 0.15) is 5.82 Å². The summed E-state index contributed by atoms with van der Waals surface area (Å²) in [6.45, 7) is 0. The van der Waals surface area contributed by atoms with E-state index in [1.807, 2.05) is 12.1 Å². The Labute approximate surface area is 115 Å². The van der Waals surface area contributed by atoms with Crippen LogP contribution in [0.15, 0.2) is 53.9 Å². The lowest BCUT2D eigenvalue weighted by Crippen LogP contribution is -2.01. The molecule has 2 aromatic carbocycles. The molecule has 0 spiro atoms. The third-order valence-corrected chi connectivity index (χ3v) is 4.24. The van der Waals surface area contributed by atoms with Gasteiger partial charge in [0.2, 0.25) is 0 Å². The van der Waals surface area contributed by atoms with Gasteiger partial charge in [-0.3, -0.25) is 0 Å². The minimum Gasteiger partial charge on any atom is -0.388 e. The Hall–Kier alpha value is -1.71. The summed E-state index contributed by atoms with van der Waals surface area (Å²) in [5.41, 5.74) is 1.88. The maximum atomic E-state index is 12.9. The van der Waals surface area contributed by atoms with Crippen molar-refractivity contribution >= 4 is 21.4 Å². The molecule has 1 aromatic heterocycles. The highest BCUT2D eigenvalue weighted by Crippen LogP contribution is 2.29. The van der Waals surface area contributed by atoms with Crippen molar-refractivity contribution in [2.75, 3.05) is 0 Å². The van der Waals surface area contributed by atoms with E-state index in [9.17, 15) is 9.50 Å². The zero-order valence-corrected chi connectivity index (χ0v) is 11.0. The zero-order valence-electron chi connectivity index (χ0n) is 10.2. The van der Waals surface area contributed by atoms with E-state index in [1.54, 1.807) is 23.5 Å². The van der Waals surface area contributed by atoms with Crippen molar-refractivity contribution < 1.29 is 9.50 Å². The van der Waals surface area contributed by atoms with E-state index in [4.69, 9.17) is 0 Å². The van der Waals surface area contributed by atoms with Crippen LogP contribution in [0.2, 0.25) is 0 Å². The van der Waals surface area contributed by atoms with Crippen LogP contribution in [0.3, 0.4) is 0 Å². The number of thiophene rings is 1. The van der Waals surface area contributed by atoms with Crippen molar-refractivity contribution in [2.45, 2.75) is 12.5 Å². The van der Waals surface area contributed by atoms with Crippen molar-refractivity contribution in [1.82, 2.24) is 0 Å². The molecule has 1 N–H and O–H groups in total. The van der Waals surface area contributed by atoms with Crippen LogP contribution in [0.25, 0.3) is 10.1 Å². The number of hydrogen-bond acceptors (Lipinski definition) is 2. The van der Waals surface area contributed by atoms with Gasteiger partial charge in [0, 0.05) is 11.1 Å². The standard InChI is InChI=1S/C16H13FOS/c17-13-7-5-11(6-8-13)15(18)9-12-10-19-16-4-2-1-3-14(12)16/h1-8,10,15,18H,9H2. The maximum Gasteiger partial charge on any atom is 0.123 e. The molecule has 96 valence electrons. The number of rotatable bonds is 3. The minimum atomic E-state index is -0.599. The molecule has 1 atom stereocenters. The maximum absolute atomic E-state index is 12.9. The fourth-order valence-electron chi connectivity index (χ4n) is 2.20. The summed E-state index contributed by atoms with van der Waals surface area (Å²) in [5, 5.41) is 13.5. The molecular formula is C16H13FOS. The molecule has 0 saturated carbocycles. The van der Waals surface area contributed by atoms with Crippen LogP contribution in [0, 0.1) is 5.82 Å². The second-order valence-corrected chi connectivity index (χ2v) is 5.44. The van der Waals surface area contributed by atoms with Crippen LogP contribution >= 0.6 is 11.3 Å². The fraction of sp³-hybridized carbons (Fsp3) is 0.125. The molecule has 1 heterocycles. The average Bonchev–Trinajstić information content (AvgIpc) is 2.83. The molecule has 0 aliphatic carbocycles. The van der Waals surface area contributed by atoms with Gasteiger partial charge >= 0.3 is 0 Å². The molecule has 0 aliphatic rings. The van der Waals surface area contributed by atoms with Gasteiger partial charge in [0.05, 0.1) is 6.10 Å². The van der Waals surface area contributed by atoms with Crippen LogP contribution < -0.4 is 0 Å². The second kappa shape index (κ2) is 5.11. The quantitative estimate of drug-likeness (QED) is 0.753. The highest BCUT2D eigenvalue weighted by Gasteiger charge is 2.11. The lowest BCUT2D eigenvalue weighted by atomic mass is 10.0. The highest BCUT2D eigenvalue weighted by atomic mass is 32.1. The summed E-state index contributed by atoms with van der Waals surface area (Å²) < 4.78 is 14.1. The van der Waals surface area contributed by atoms with Crippen molar-refractivity contribution in [3.8, 4) is 0 Å². The fourth-order valence-corrected chi connectivity index (χ4v) is 3.18. The van der Waals surface area contributed by atoms with E-state index in [1.165, 1.54) is 22.2 Å². The molecule has 0 radical (unpaired) electrons. The molecule has 0 aliphatic heterocycles. The van der Waals surface area contributed by atoms with E-state index in [2.05, 4.69) is 17.5 Å². The van der Waals surface area contributed by atoms with E-state index in [0.717, 1.165) is 11.1 Å². The summed E-state index contributed by atoms with van der Waals surface area (Å²) >= 11 is 1.68. The molecule has 0 bridgehead atoms. The van der Waals surface area contributed by atoms with Crippen LogP contribution in [0.1, 0.15) is 17.2 Å². The Bertz CT molecular complexity index is 687. The van der Waals surface area contributed by atoms with Gasteiger partial charge < -0.3 is 5.11 Å². The number of benzene rings is 2. The average molecular weight is 272 g/mol. The largest absolute Gasteiger partial charge is 0.388 e. The van der Waals surface area contributed by atoms with E-state index >= 15 is 0 Å². The summed E-state index contributed by atoms with van der Waals surface area (Å²) in [4.78, 5) is 0. The predicted octanol–water partition coefficient (Wildman–Crippen LogP) is 4.32. The molecule has 1 nitrogen and oxygen atoms in total. The van der Waals surface area contributed by atoms with Crippen LogP contribution in [0.4, 0.5) is 4.39 Å². The highest BCUT2D eigenvalue weighted by molar-refractivity contribution is 7.17. The van der Waals surface area contributed by atoms with E-state index in [-0.39, 0.29) is 5.82 Å². The summed E-state index contributed by atoms with van der Waals surface area (Å²) in [6, 6.07) is 14.2. The lowest BCUT2D eigenvalue weighted by molar-refractivity contribution is 0.179.